The minimum atomic E-state index is 0.260. The molecule has 2 atom stereocenters. The Morgan fingerprint density at radius 2 is 1.86 bits per heavy atom. The molecule has 0 bridgehead atoms. The number of rotatable bonds is 6. The molecule has 1 saturated heterocycles. The minimum Gasteiger partial charge on any atom is -0.340 e. The van der Waals surface area contributed by atoms with Crippen molar-refractivity contribution in [3.05, 3.63) is 57.8 Å². The second-order valence-corrected chi connectivity index (χ2v) is 10.0. The molecule has 4 rings (SSSR count). The van der Waals surface area contributed by atoms with Crippen molar-refractivity contribution in [2.45, 2.75) is 64.5 Å². The fourth-order valence-electron chi connectivity index (χ4n) is 5.27. The van der Waals surface area contributed by atoms with Crippen molar-refractivity contribution in [1.29, 1.82) is 0 Å². The lowest BCUT2D eigenvalue weighted by molar-refractivity contribution is -0.132. The molecular formula is C25H34N2OS. The summed E-state index contributed by atoms with van der Waals surface area (Å²) < 4.78 is 0. The van der Waals surface area contributed by atoms with Gasteiger partial charge < -0.3 is 4.90 Å². The molecule has 3 nitrogen and oxygen atoms in total. The molecule has 1 aromatic heterocycles. The third-order valence-corrected chi connectivity index (χ3v) is 7.69. The Morgan fingerprint density at radius 3 is 2.52 bits per heavy atom. The number of carbonyl (C=O) groups is 1. The molecule has 156 valence electrons. The molecule has 2 aliphatic rings. The monoisotopic (exact) mass is 410 g/mol. The summed E-state index contributed by atoms with van der Waals surface area (Å²) in [6.45, 7) is 8.02. The van der Waals surface area contributed by atoms with Crippen LogP contribution in [0, 0.1) is 12.8 Å². The number of benzene rings is 1. The number of likely N-dealkylation sites (tertiary alicyclic amines) is 1. The van der Waals surface area contributed by atoms with E-state index in [-0.39, 0.29) is 5.91 Å². The maximum atomic E-state index is 12.6. The van der Waals surface area contributed by atoms with Crippen LogP contribution in [0.5, 0.6) is 0 Å². The largest absolute Gasteiger partial charge is 0.340 e. The predicted molar refractivity (Wildman–Crippen MR) is 121 cm³/mol. The van der Waals surface area contributed by atoms with Gasteiger partial charge in [-0.2, -0.15) is 0 Å². The zero-order valence-corrected chi connectivity index (χ0v) is 18.7. The van der Waals surface area contributed by atoms with Gasteiger partial charge >= 0.3 is 0 Å². The topological polar surface area (TPSA) is 23.6 Å². The standard InChI is InChI=1S/C25H34N2OS/c1-19-10-12-21(13-11-19)25-18-26(17-24-9-6-14-29-24)15-22(25)16-27(20(2)28)23-7-4-3-5-8-23/h6,9-14,22-23,25H,3-5,7-8,15-18H2,1-2H3. The van der Waals surface area contributed by atoms with Gasteiger partial charge in [0.15, 0.2) is 0 Å². The van der Waals surface area contributed by atoms with Gasteiger partial charge in [-0.1, -0.05) is 55.2 Å². The van der Waals surface area contributed by atoms with Gasteiger partial charge in [-0.3, -0.25) is 9.69 Å². The van der Waals surface area contributed by atoms with Crippen LogP contribution in [-0.2, 0) is 11.3 Å². The Bertz CT molecular complexity index is 780. The quantitative estimate of drug-likeness (QED) is 0.632. The van der Waals surface area contributed by atoms with Crippen LogP contribution in [0.15, 0.2) is 41.8 Å². The van der Waals surface area contributed by atoms with Crippen LogP contribution in [0.3, 0.4) is 0 Å². The van der Waals surface area contributed by atoms with Crippen LogP contribution < -0.4 is 0 Å². The summed E-state index contributed by atoms with van der Waals surface area (Å²) >= 11 is 1.85. The number of carbonyl (C=O) groups excluding carboxylic acids is 1. The highest BCUT2D eigenvalue weighted by molar-refractivity contribution is 7.09. The van der Waals surface area contributed by atoms with Crippen molar-refractivity contribution >= 4 is 17.2 Å². The van der Waals surface area contributed by atoms with Crippen molar-refractivity contribution in [3.63, 3.8) is 0 Å². The van der Waals surface area contributed by atoms with Gasteiger partial charge in [-0.05, 0) is 42.7 Å². The lowest BCUT2D eigenvalue weighted by Gasteiger charge is -2.36. The van der Waals surface area contributed by atoms with Gasteiger partial charge in [-0.15, -0.1) is 11.3 Å². The number of hydrogen-bond donors (Lipinski definition) is 0. The van der Waals surface area contributed by atoms with Gasteiger partial charge in [-0.25, -0.2) is 0 Å². The molecule has 4 heteroatoms. The number of nitrogens with zero attached hydrogens (tertiary/aromatic N) is 2. The Labute approximate surface area is 179 Å². The average molecular weight is 411 g/mol. The molecule has 1 aromatic carbocycles. The Balaban J connectivity index is 1.53. The van der Waals surface area contributed by atoms with Gasteiger partial charge in [0.05, 0.1) is 0 Å². The number of thiophene rings is 1. The first-order valence-electron chi connectivity index (χ1n) is 11.2. The lowest BCUT2D eigenvalue weighted by Crippen LogP contribution is -2.44. The van der Waals surface area contributed by atoms with E-state index >= 15 is 0 Å². The van der Waals surface area contributed by atoms with Crippen LogP contribution >= 0.6 is 11.3 Å². The summed E-state index contributed by atoms with van der Waals surface area (Å²) in [5.74, 6) is 1.26. The zero-order valence-electron chi connectivity index (χ0n) is 17.8. The molecule has 1 aliphatic carbocycles. The van der Waals surface area contributed by atoms with E-state index < -0.39 is 0 Å². The first kappa shape index (κ1) is 20.6. The summed E-state index contributed by atoms with van der Waals surface area (Å²) in [4.78, 5) is 18.8. The summed E-state index contributed by atoms with van der Waals surface area (Å²) in [5.41, 5.74) is 2.74. The Morgan fingerprint density at radius 1 is 1.10 bits per heavy atom. The summed E-state index contributed by atoms with van der Waals surface area (Å²) in [5, 5.41) is 2.17. The van der Waals surface area contributed by atoms with E-state index in [4.69, 9.17) is 0 Å². The molecule has 2 aromatic rings. The highest BCUT2D eigenvalue weighted by Gasteiger charge is 2.37. The molecule has 2 heterocycles. The number of aryl methyl sites for hydroxylation is 1. The summed E-state index contributed by atoms with van der Waals surface area (Å²) in [6.07, 6.45) is 6.23. The Hall–Kier alpha value is -1.65. The molecule has 0 N–H and O–H groups in total. The maximum Gasteiger partial charge on any atom is 0.219 e. The van der Waals surface area contributed by atoms with E-state index in [0.29, 0.717) is 17.9 Å². The SMILES string of the molecule is CC(=O)N(CC1CN(Cc2cccs2)CC1c1ccc(C)cc1)C1CCCCC1. The van der Waals surface area contributed by atoms with Crippen LogP contribution in [0.4, 0.5) is 0 Å². The van der Waals surface area contributed by atoms with E-state index in [0.717, 1.165) is 26.2 Å². The van der Waals surface area contributed by atoms with Crippen LogP contribution in [0.2, 0.25) is 0 Å². The van der Waals surface area contributed by atoms with Crippen LogP contribution in [0.1, 0.15) is 60.9 Å². The van der Waals surface area contributed by atoms with E-state index in [9.17, 15) is 4.79 Å². The van der Waals surface area contributed by atoms with Crippen LogP contribution in [-0.4, -0.2) is 41.4 Å². The third kappa shape index (κ3) is 5.10. The Kier molecular flexibility index (Phi) is 6.71. The van der Waals surface area contributed by atoms with Gasteiger partial charge in [0.1, 0.15) is 0 Å². The highest BCUT2D eigenvalue weighted by atomic mass is 32.1. The molecule has 0 spiro atoms. The van der Waals surface area contributed by atoms with Crippen molar-refractivity contribution in [3.8, 4) is 0 Å². The van der Waals surface area contributed by atoms with Gasteiger partial charge in [0, 0.05) is 49.9 Å². The molecule has 2 unspecified atom stereocenters. The molecule has 1 aliphatic heterocycles. The normalized spacial score (nSPS) is 23.4. The van der Waals surface area contributed by atoms with Crippen molar-refractivity contribution in [2.75, 3.05) is 19.6 Å². The second kappa shape index (κ2) is 9.44. The highest BCUT2D eigenvalue weighted by Crippen LogP contribution is 2.36. The number of amides is 1. The van der Waals surface area contributed by atoms with E-state index in [2.05, 4.69) is 58.5 Å². The van der Waals surface area contributed by atoms with Gasteiger partial charge in [0.25, 0.3) is 0 Å². The van der Waals surface area contributed by atoms with Gasteiger partial charge in [0.2, 0.25) is 5.91 Å². The molecular weight excluding hydrogens is 376 g/mol. The summed E-state index contributed by atoms with van der Waals surface area (Å²) in [6, 6.07) is 13.9. The lowest BCUT2D eigenvalue weighted by atomic mass is 9.87. The zero-order chi connectivity index (χ0) is 20.2. The predicted octanol–water partition coefficient (Wildman–Crippen LogP) is 5.45. The molecule has 29 heavy (non-hydrogen) atoms. The van der Waals surface area contributed by atoms with Crippen molar-refractivity contribution < 1.29 is 4.79 Å². The van der Waals surface area contributed by atoms with E-state index in [1.807, 2.05) is 11.3 Å². The minimum absolute atomic E-state index is 0.260. The van der Waals surface area contributed by atoms with E-state index in [1.165, 1.54) is 48.1 Å². The number of hydrogen-bond acceptors (Lipinski definition) is 3. The fourth-order valence-corrected chi connectivity index (χ4v) is 6.02. The van der Waals surface area contributed by atoms with E-state index in [1.54, 1.807) is 6.92 Å². The molecule has 0 radical (unpaired) electrons. The van der Waals surface area contributed by atoms with Crippen molar-refractivity contribution in [1.82, 2.24) is 9.80 Å². The second-order valence-electron chi connectivity index (χ2n) is 9.01. The maximum absolute atomic E-state index is 12.6. The van der Waals surface area contributed by atoms with Crippen molar-refractivity contribution in [2.24, 2.45) is 5.92 Å². The van der Waals surface area contributed by atoms with Crippen LogP contribution in [0.25, 0.3) is 0 Å². The average Bonchev–Trinajstić information content (AvgIpc) is 3.37. The first-order valence-corrected chi connectivity index (χ1v) is 12.1. The first-order chi connectivity index (χ1) is 14.1. The summed E-state index contributed by atoms with van der Waals surface area (Å²) in [7, 11) is 0. The molecule has 1 amide bonds. The molecule has 2 fully saturated rings. The molecule has 1 saturated carbocycles. The third-order valence-electron chi connectivity index (χ3n) is 6.83. The fraction of sp³-hybridized carbons (Fsp3) is 0.560. The smallest absolute Gasteiger partial charge is 0.219 e.